The van der Waals surface area contributed by atoms with Crippen molar-refractivity contribution < 1.29 is 21.1 Å². The Morgan fingerprint density at radius 2 is 1.12 bits per heavy atom. The van der Waals surface area contributed by atoms with Gasteiger partial charge in [-0.15, -0.1) is 0 Å². The molecule has 0 aromatic carbocycles. The van der Waals surface area contributed by atoms with Gasteiger partial charge in [-0.05, 0) is 0 Å². The fourth-order valence-corrected chi connectivity index (χ4v) is 21.2. The number of nitrogens with one attached hydrogen (secondary N) is 3. The molecule has 0 aromatic rings. The van der Waals surface area contributed by atoms with Crippen LogP contribution in [0.15, 0.2) is 20.6 Å². The van der Waals surface area contributed by atoms with E-state index in [0.717, 1.165) is 6.42 Å². The zero-order valence-electron chi connectivity index (χ0n) is 18.9. The summed E-state index contributed by atoms with van der Waals surface area (Å²) in [5.41, 5.74) is 0.187. The SMILES string of the molecule is CC(C)(C)[NH][Zr]([NH]C(C)(C)C)([NH]C(C)(C)C)[C]1=C([Si](C)(C)C)C=CC1. The van der Waals surface area contributed by atoms with E-state index in [-0.39, 0.29) is 16.6 Å². The van der Waals surface area contributed by atoms with E-state index < -0.39 is 29.2 Å². The quantitative estimate of drug-likeness (QED) is 0.514. The second-order valence-corrected chi connectivity index (χ2v) is 23.7. The van der Waals surface area contributed by atoms with E-state index in [4.69, 9.17) is 0 Å². The first-order valence-corrected chi connectivity index (χ1v) is 18.0. The summed E-state index contributed by atoms with van der Waals surface area (Å²) in [6.07, 6.45) is 5.89. The summed E-state index contributed by atoms with van der Waals surface area (Å²) in [5.74, 6) is 0. The Kier molecular flexibility index (Phi) is 7.02. The average Bonchev–Trinajstić information content (AvgIpc) is 2.68. The first-order chi connectivity index (χ1) is 10.8. The van der Waals surface area contributed by atoms with Crippen LogP contribution in [-0.2, 0) is 21.1 Å². The Morgan fingerprint density at radius 3 is 1.40 bits per heavy atom. The maximum absolute atomic E-state index is 4.14. The van der Waals surface area contributed by atoms with Crippen molar-refractivity contribution in [1.82, 2.24) is 9.78 Å². The molecule has 0 unspecified atom stereocenters. The predicted octanol–water partition coefficient (Wildman–Crippen LogP) is 5.14. The van der Waals surface area contributed by atoms with Gasteiger partial charge in [0.1, 0.15) is 0 Å². The molecule has 0 fully saturated rings. The van der Waals surface area contributed by atoms with Crippen LogP contribution in [0.2, 0.25) is 19.6 Å². The van der Waals surface area contributed by atoms with Crippen LogP contribution in [0.1, 0.15) is 68.7 Å². The maximum atomic E-state index is 4.14. The second-order valence-electron chi connectivity index (χ2n) is 11.6. The van der Waals surface area contributed by atoms with Crippen LogP contribution in [0, 0.1) is 0 Å². The average molecular weight is 445 g/mol. The molecule has 0 spiro atoms. The fraction of sp³-hybridized carbons (Fsp3) is 0.800. The third-order valence-electron chi connectivity index (χ3n) is 3.88. The van der Waals surface area contributed by atoms with E-state index in [9.17, 15) is 0 Å². The minimum atomic E-state index is -3.31. The van der Waals surface area contributed by atoms with Crippen molar-refractivity contribution in [3.63, 3.8) is 0 Å². The van der Waals surface area contributed by atoms with Gasteiger partial charge in [0.05, 0.1) is 0 Å². The van der Waals surface area contributed by atoms with Crippen LogP contribution in [0.5, 0.6) is 0 Å². The molecule has 5 heteroatoms. The topological polar surface area (TPSA) is 36.1 Å². The Morgan fingerprint density at radius 1 is 0.760 bits per heavy atom. The molecule has 25 heavy (non-hydrogen) atoms. The molecule has 0 saturated carbocycles. The Bertz CT molecular complexity index is 496. The first-order valence-electron chi connectivity index (χ1n) is 9.63. The van der Waals surface area contributed by atoms with Gasteiger partial charge in [-0.25, -0.2) is 0 Å². The third-order valence-corrected chi connectivity index (χ3v) is 18.3. The molecular weight excluding hydrogens is 402 g/mol. The van der Waals surface area contributed by atoms with Crippen molar-refractivity contribution in [2.45, 2.75) is 105 Å². The van der Waals surface area contributed by atoms with E-state index >= 15 is 0 Å². The van der Waals surface area contributed by atoms with Crippen molar-refractivity contribution in [3.8, 4) is 0 Å². The molecule has 0 aliphatic heterocycles. The van der Waals surface area contributed by atoms with Crippen LogP contribution in [0.3, 0.4) is 0 Å². The summed E-state index contributed by atoms with van der Waals surface area (Å²) < 4.78 is 14.1. The summed E-state index contributed by atoms with van der Waals surface area (Å²) in [4.78, 5) is 0. The molecule has 0 heterocycles. The molecule has 1 aliphatic rings. The number of hydrogen-bond acceptors (Lipinski definition) is 3. The second kappa shape index (κ2) is 7.47. The van der Waals surface area contributed by atoms with Gasteiger partial charge in [-0.2, -0.15) is 0 Å². The van der Waals surface area contributed by atoms with Crippen molar-refractivity contribution in [2.75, 3.05) is 0 Å². The van der Waals surface area contributed by atoms with Gasteiger partial charge in [0.15, 0.2) is 0 Å². The van der Waals surface area contributed by atoms with Gasteiger partial charge in [-0.3, -0.25) is 0 Å². The van der Waals surface area contributed by atoms with Gasteiger partial charge in [0.25, 0.3) is 0 Å². The third kappa shape index (κ3) is 7.54. The molecular formula is C20H43N3SiZr. The Balaban J connectivity index is 3.63. The predicted molar refractivity (Wildman–Crippen MR) is 113 cm³/mol. The first kappa shape index (κ1) is 23.5. The number of hydrogen-bond donors (Lipinski definition) is 3. The van der Waals surface area contributed by atoms with Crippen LogP contribution >= 0.6 is 0 Å². The normalized spacial score (nSPS) is 17.6. The van der Waals surface area contributed by atoms with Crippen LogP contribution in [0.4, 0.5) is 0 Å². The summed E-state index contributed by atoms with van der Waals surface area (Å²) >= 11 is -3.31. The van der Waals surface area contributed by atoms with Crippen molar-refractivity contribution >= 4 is 8.07 Å². The Hall–Kier alpha value is 0.460. The molecule has 3 nitrogen and oxygen atoms in total. The molecule has 0 bridgehead atoms. The molecule has 1 rings (SSSR count). The number of rotatable bonds is 5. The zero-order chi connectivity index (χ0) is 19.9. The van der Waals surface area contributed by atoms with Crippen molar-refractivity contribution in [1.29, 1.82) is 0 Å². The van der Waals surface area contributed by atoms with E-state index in [1.54, 1.807) is 8.48 Å². The fourth-order valence-electron chi connectivity index (χ4n) is 3.57. The van der Waals surface area contributed by atoms with Crippen LogP contribution in [-0.4, -0.2) is 24.7 Å². The molecule has 0 atom stereocenters. The van der Waals surface area contributed by atoms with E-state index in [0.29, 0.717) is 0 Å². The minimum absolute atomic E-state index is 0.0622. The van der Waals surface area contributed by atoms with Gasteiger partial charge in [-0.1, -0.05) is 0 Å². The standard InChI is InChI=1S/C8H13Si.3C4H10N.Zr/c1-9(2,3)8-6-4-5-7-8;3*1-4(2,3)5;/h4,6H,5H2,1-3H3;3*5H,1-3H3;/q;3*-1;+3. The van der Waals surface area contributed by atoms with E-state index in [1.807, 2.05) is 0 Å². The van der Waals surface area contributed by atoms with Crippen molar-refractivity contribution in [2.24, 2.45) is 0 Å². The summed E-state index contributed by atoms with van der Waals surface area (Å²) in [6, 6.07) is 0. The van der Waals surface area contributed by atoms with E-state index in [2.05, 4.69) is 104 Å². The summed E-state index contributed by atoms with van der Waals surface area (Å²) in [6.45, 7) is 28.1. The molecule has 0 saturated heterocycles. The van der Waals surface area contributed by atoms with Gasteiger partial charge in [0, 0.05) is 0 Å². The van der Waals surface area contributed by atoms with Crippen LogP contribution < -0.4 is 9.78 Å². The summed E-state index contributed by atoms with van der Waals surface area (Å²) in [7, 11) is -1.40. The van der Waals surface area contributed by atoms with Gasteiger partial charge < -0.3 is 0 Å². The molecule has 146 valence electrons. The molecule has 1 aliphatic carbocycles. The molecule has 0 amide bonds. The monoisotopic (exact) mass is 443 g/mol. The number of allylic oxidation sites excluding steroid dienone is 4. The Labute approximate surface area is 164 Å². The molecule has 0 aromatic heterocycles. The molecule has 3 N–H and O–H groups in total. The zero-order valence-corrected chi connectivity index (χ0v) is 22.3. The van der Waals surface area contributed by atoms with Crippen molar-refractivity contribution in [3.05, 3.63) is 20.6 Å². The van der Waals surface area contributed by atoms with Crippen LogP contribution in [0.25, 0.3) is 0 Å². The van der Waals surface area contributed by atoms with E-state index in [1.165, 1.54) is 0 Å². The van der Waals surface area contributed by atoms with Gasteiger partial charge >= 0.3 is 165 Å². The van der Waals surface area contributed by atoms with Gasteiger partial charge in [0.2, 0.25) is 0 Å². The summed E-state index contributed by atoms with van der Waals surface area (Å²) in [5, 5.41) is 1.65. The molecule has 0 radical (unpaired) electrons.